The van der Waals surface area contributed by atoms with Gasteiger partial charge in [0.1, 0.15) is 5.82 Å². The number of benzene rings is 1. The summed E-state index contributed by atoms with van der Waals surface area (Å²) >= 11 is 5.78. The van der Waals surface area contributed by atoms with Crippen LogP contribution in [0, 0.1) is 13.8 Å². The lowest BCUT2D eigenvalue weighted by Gasteiger charge is -2.07. The Kier molecular flexibility index (Phi) is 5.03. The Morgan fingerprint density at radius 3 is 2.60 bits per heavy atom. The molecule has 0 aliphatic heterocycles. The summed E-state index contributed by atoms with van der Waals surface area (Å²) < 4.78 is 28.9. The number of halogens is 1. The van der Waals surface area contributed by atoms with Crippen LogP contribution in [0.25, 0.3) is 5.78 Å². The van der Waals surface area contributed by atoms with Crippen LogP contribution in [0.2, 0.25) is 5.02 Å². The zero-order valence-corrected chi connectivity index (χ0v) is 15.5. The maximum atomic E-state index is 12.2. The number of aryl methyl sites for hydroxylation is 3. The number of aromatic nitrogens is 4. The lowest BCUT2D eigenvalue weighted by Crippen LogP contribution is -2.25. The molecule has 3 rings (SSSR count). The first kappa shape index (κ1) is 17.8. The Morgan fingerprint density at radius 1 is 1.16 bits per heavy atom. The first-order valence-electron chi connectivity index (χ1n) is 7.80. The van der Waals surface area contributed by atoms with Gasteiger partial charge in [-0.15, -0.1) is 10.2 Å². The molecule has 2 aromatic heterocycles. The van der Waals surface area contributed by atoms with Gasteiger partial charge < -0.3 is 0 Å². The Labute approximate surface area is 151 Å². The van der Waals surface area contributed by atoms with Crippen molar-refractivity contribution in [1.29, 1.82) is 0 Å². The van der Waals surface area contributed by atoms with Crippen molar-refractivity contribution in [2.75, 3.05) is 6.54 Å². The maximum Gasteiger partial charge on any atom is 0.255 e. The fraction of sp³-hybridized carbons (Fsp3) is 0.312. The first-order valence-corrected chi connectivity index (χ1v) is 9.66. The van der Waals surface area contributed by atoms with Crippen LogP contribution < -0.4 is 4.72 Å². The molecular weight excluding hydrogens is 362 g/mol. The van der Waals surface area contributed by atoms with E-state index in [4.69, 9.17) is 11.6 Å². The van der Waals surface area contributed by atoms with Crippen molar-refractivity contribution in [3.63, 3.8) is 0 Å². The van der Waals surface area contributed by atoms with E-state index in [9.17, 15) is 8.42 Å². The highest BCUT2D eigenvalue weighted by atomic mass is 35.5. The van der Waals surface area contributed by atoms with Crippen molar-refractivity contribution < 1.29 is 8.42 Å². The minimum atomic E-state index is -3.54. The minimum Gasteiger partial charge on any atom is -0.268 e. The van der Waals surface area contributed by atoms with E-state index in [-0.39, 0.29) is 4.90 Å². The average Bonchev–Trinajstić information content (AvgIpc) is 2.95. The third-order valence-electron chi connectivity index (χ3n) is 3.75. The molecule has 0 bridgehead atoms. The van der Waals surface area contributed by atoms with Gasteiger partial charge in [0.25, 0.3) is 5.78 Å². The molecule has 9 heteroatoms. The second-order valence-electron chi connectivity index (χ2n) is 5.75. The van der Waals surface area contributed by atoms with E-state index in [1.165, 1.54) is 12.1 Å². The molecule has 0 aliphatic rings. The molecule has 0 unspecified atom stereocenters. The fourth-order valence-electron chi connectivity index (χ4n) is 2.61. The second kappa shape index (κ2) is 7.07. The number of rotatable bonds is 6. The highest BCUT2D eigenvalue weighted by Crippen LogP contribution is 2.14. The van der Waals surface area contributed by atoms with E-state index in [1.54, 1.807) is 12.1 Å². The Bertz CT molecular complexity index is 999. The number of hydrogen-bond donors (Lipinski definition) is 1. The summed E-state index contributed by atoms with van der Waals surface area (Å²) in [6.45, 7) is 4.18. The third-order valence-corrected chi connectivity index (χ3v) is 5.48. The van der Waals surface area contributed by atoms with Crippen molar-refractivity contribution in [2.24, 2.45) is 0 Å². The highest BCUT2D eigenvalue weighted by molar-refractivity contribution is 7.89. The molecule has 132 valence electrons. The molecule has 3 aromatic rings. The zero-order chi connectivity index (χ0) is 18.0. The highest BCUT2D eigenvalue weighted by Gasteiger charge is 2.14. The molecule has 0 atom stereocenters. The Balaban J connectivity index is 1.63. The third kappa shape index (κ3) is 3.97. The van der Waals surface area contributed by atoms with Crippen molar-refractivity contribution >= 4 is 27.4 Å². The maximum absolute atomic E-state index is 12.2. The van der Waals surface area contributed by atoms with Gasteiger partial charge in [-0.3, -0.25) is 4.40 Å². The molecule has 0 aliphatic carbocycles. The summed E-state index contributed by atoms with van der Waals surface area (Å²) in [7, 11) is -3.54. The summed E-state index contributed by atoms with van der Waals surface area (Å²) in [5, 5.41) is 8.73. The smallest absolute Gasteiger partial charge is 0.255 e. The molecule has 0 amide bonds. The molecule has 25 heavy (non-hydrogen) atoms. The van der Waals surface area contributed by atoms with Crippen molar-refractivity contribution in [3.8, 4) is 0 Å². The Hall–Kier alpha value is -2.03. The van der Waals surface area contributed by atoms with Gasteiger partial charge in [-0.25, -0.2) is 18.1 Å². The quantitative estimate of drug-likeness (QED) is 0.664. The van der Waals surface area contributed by atoms with Gasteiger partial charge in [-0.1, -0.05) is 11.6 Å². The number of nitrogens with zero attached hydrogens (tertiary/aromatic N) is 4. The van der Waals surface area contributed by atoms with Gasteiger partial charge in [-0.05, 0) is 50.6 Å². The van der Waals surface area contributed by atoms with Crippen molar-refractivity contribution in [2.45, 2.75) is 31.6 Å². The normalized spacial score (nSPS) is 12.0. The van der Waals surface area contributed by atoms with E-state index < -0.39 is 10.0 Å². The topological polar surface area (TPSA) is 89.2 Å². The summed E-state index contributed by atoms with van der Waals surface area (Å²) in [6.07, 6.45) is 1.19. The van der Waals surface area contributed by atoms with Crippen LogP contribution >= 0.6 is 11.6 Å². The molecule has 0 saturated heterocycles. The van der Waals surface area contributed by atoms with Crippen molar-refractivity contribution in [3.05, 3.63) is 52.6 Å². The van der Waals surface area contributed by atoms with E-state index in [0.29, 0.717) is 30.2 Å². The van der Waals surface area contributed by atoms with E-state index in [0.717, 1.165) is 17.2 Å². The van der Waals surface area contributed by atoms with Crippen molar-refractivity contribution in [1.82, 2.24) is 24.3 Å². The van der Waals surface area contributed by atoms with Gasteiger partial charge in [-0.2, -0.15) is 0 Å². The molecule has 7 nitrogen and oxygen atoms in total. The standard InChI is InChI=1S/C16H18ClN5O2S/c1-11-10-12(2)22-15(20-21-16(22)19-11)4-3-9-18-25(23,24)14-7-5-13(17)6-8-14/h5-8,10,18H,3-4,9H2,1-2H3. The number of fused-ring (bicyclic) bond motifs is 1. The SMILES string of the molecule is Cc1cc(C)n2c(CCCNS(=O)(=O)c3ccc(Cl)cc3)nnc2n1. The Morgan fingerprint density at radius 2 is 1.88 bits per heavy atom. The minimum absolute atomic E-state index is 0.195. The molecular formula is C16H18ClN5O2S. The molecule has 0 spiro atoms. The average molecular weight is 380 g/mol. The number of sulfonamides is 1. The first-order chi connectivity index (χ1) is 11.9. The molecule has 0 radical (unpaired) electrons. The monoisotopic (exact) mass is 379 g/mol. The van der Waals surface area contributed by atoms with E-state index >= 15 is 0 Å². The summed E-state index contributed by atoms with van der Waals surface area (Å²) in [5.74, 6) is 1.33. The predicted molar refractivity (Wildman–Crippen MR) is 95.2 cm³/mol. The molecule has 0 saturated carbocycles. The molecule has 0 fully saturated rings. The lowest BCUT2D eigenvalue weighted by atomic mass is 10.3. The van der Waals surface area contributed by atoms with Crippen LogP contribution in [-0.4, -0.2) is 34.5 Å². The van der Waals surface area contributed by atoms with Crippen LogP contribution in [0.1, 0.15) is 23.6 Å². The van der Waals surface area contributed by atoms with Gasteiger partial charge in [0, 0.05) is 29.4 Å². The van der Waals surface area contributed by atoms with Crippen LogP contribution in [0.3, 0.4) is 0 Å². The molecule has 1 aromatic carbocycles. The largest absolute Gasteiger partial charge is 0.268 e. The predicted octanol–water partition coefficient (Wildman–Crippen LogP) is 2.31. The molecule has 2 heterocycles. The fourth-order valence-corrected chi connectivity index (χ4v) is 3.81. The van der Waals surface area contributed by atoms with Gasteiger partial charge in [0.05, 0.1) is 4.90 Å². The van der Waals surface area contributed by atoms with Crippen LogP contribution in [0.5, 0.6) is 0 Å². The van der Waals surface area contributed by atoms with Crippen LogP contribution in [-0.2, 0) is 16.4 Å². The zero-order valence-electron chi connectivity index (χ0n) is 13.9. The van der Waals surface area contributed by atoms with E-state index in [2.05, 4.69) is 19.9 Å². The molecule has 1 N–H and O–H groups in total. The number of hydrogen-bond acceptors (Lipinski definition) is 5. The van der Waals surface area contributed by atoms with Crippen LogP contribution in [0.15, 0.2) is 35.2 Å². The lowest BCUT2D eigenvalue weighted by molar-refractivity contribution is 0.578. The summed E-state index contributed by atoms with van der Waals surface area (Å²) in [6, 6.07) is 8.03. The summed E-state index contributed by atoms with van der Waals surface area (Å²) in [4.78, 5) is 4.53. The number of nitrogens with one attached hydrogen (secondary N) is 1. The van der Waals surface area contributed by atoms with Crippen LogP contribution in [0.4, 0.5) is 0 Å². The van der Waals surface area contributed by atoms with Gasteiger partial charge >= 0.3 is 0 Å². The summed E-state index contributed by atoms with van der Waals surface area (Å²) in [5.41, 5.74) is 1.89. The van der Waals surface area contributed by atoms with Gasteiger partial charge in [0.15, 0.2) is 0 Å². The van der Waals surface area contributed by atoms with E-state index in [1.807, 2.05) is 24.3 Å². The second-order valence-corrected chi connectivity index (χ2v) is 7.95. The van der Waals surface area contributed by atoms with Gasteiger partial charge in [0.2, 0.25) is 10.0 Å².